The van der Waals surface area contributed by atoms with E-state index in [0.717, 1.165) is 22.7 Å². The van der Waals surface area contributed by atoms with E-state index >= 15 is 0 Å². The minimum atomic E-state index is 0.526. The molecule has 3 aromatic rings. The fraction of sp³-hybridized carbons (Fsp3) is 0.150. The third kappa shape index (κ3) is 4.49. The number of hydrogen-bond acceptors (Lipinski definition) is 3. The van der Waals surface area contributed by atoms with E-state index in [2.05, 4.69) is 41.5 Å². The van der Waals surface area contributed by atoms with Crippen LogP contribution in [0.5, 0.6) is 5.75 Å². The van der Waals surface area contributed by atoms with Gasteiger partial charge in [0.2, 0.25) is 0 Å². The monoisotopic (exact) mass is 338 g/mol. The minimum Gasteiger partial charge on any atom is -0.489 e. The number of aryl methyl sites for hydroxylation is 1. The smallest absolute Gasteiger partial charge is 0.126 e. The van der Waals surface area contributed by atoms with Crippen LogP contribution >= 0.6 is 11.6 Å². The molecule has 0 aliphatic rings. The third-order valence-corrected chi connectivity index (χ3v) is 3.90. The van der Waals surface area contributed by atoms with E-state index in [1.165, 1.54) is 5.56 Å². The average molecular weight is 339 g/mol. The Morgan fingerprint density at radius 3 is 2.62 bits per heavy atom. The Bertz CT molecular complexity index is 788. The van der Waals surface area contributed by atoms with E-state index in [4.69, 9.17) is 16.3 Å². The van der Waals surface area contributed by atoms with Gasteiger partial charge in [0.05, 0.1) is 0 Å². The van der Waals surface area contributed by atoms with E-state index in [0.29, 0.717) is 18.2 Å². The summed E-state index contributed by atoms with van der Waals surface area (Å²) >= 11 is 6.13. The molecular weight excluding hydrogens is 320 g/mol. The lowest BCUT2D eigenvalue weighted by Gasteiger charge is -2.13. The second kappa shape index (κ2) is 7.84. The summed E-state index contributed by atoms with van der Waals surface area (Å²) in [6.45, 7) is 3.20. The van der Waals surface area contributed by atoms with Crippen molar-refractivity contribution >= 4 is 17.4 Å². The molecule has 0 spiro atoms. The van der Waals surface area contributed by atoms with Crippen LogP contribution in [-0.2, 0) is 13.2 Å². The summed E-state index contributed by atoms with van der Waals surface area (Å²) in [4.78, 5) is 4.26. The van der Waals surface area contributed by atoms with E-state index < -0.39 is 0 Å². The molecule has 0 aliphatic heterocycles. The van der Waals surface area contributed by atoms with Gasteiger partial charge in [-0.15, -0.1) is 0 Å². The Morgan fingerprint density at radius 1 is 1.04 bits per heavy atom. The third-order valence-electron chi connectivity index (χ3n) is 3.66. The van der Waals surface area contributed by atoms with Crippen molar-refractivity contribution in [1.29, 1.82) is 0 Å². The average Bonchev–Trinajstić information content (AvgIpc) is 2.61. The first kappa shape index (κ1) is 16.3. The molecule has 3 nitrogen and oxygen atoms in total. The number of rotatable bonds is 6. The Morgan fingerprint density at radius 2 is 1.88 bits per heavy atom. The predicted octanol–water partition coefficient (Wildman–Crippen LogP) is 5.23. The highest BCUT2D eigenvalue weighted by Crippen LogP contribution is 2.24. The largest absolute Gasteiger partial charge is 0.489 e. The lowest BCUT2D eigenvalue weighted by atomic mass is 10.1. The Labute approximate surface area is 147 Å². The summed E-state index contributed by atoms with van der Waals surface area (Å²) in [7, 11) is 0. The van der Waals surface area contributed by atoms with Gasteiger partial charge in [0, 0.05) is 23.3 Å². The Kier molecular flexibility index (Phi) is 5.34. The molecule has 0 radical (unpaired) electrons. The second-order valence-corrected chi connectivity index (χ2v) is 6.03. The molecule has 0 fully saturated rings. The van der Waals surface area contributed by atoms with E-state index in [1.54, 1.807) is 6.20 Å². The molecule has 1 heterocycles. The van der Waals surface area contributed by atoms with Crippen LogP contribution in [0.3, 0.4) is 0 Å². The number of halogens is 1. The summed E-state index contributed by atoms with van der Waals surface area (Å²) in [5.41, 5.74) is 3.38. The zero-order valence-electron chi connectivity index (χ0n) is 13.5. The summed E-state index contributed by atoms with van der Waals surface area (Å²) in [5, 5.41) is 3.97. The first-order chi connectivity index (χ1) is 11.7. The molecule has 1 aromatic heterocycles. The van der Waals surface area contributed by atoms with Crippen LogP contribution in [0.25, 0.3) is 0 Å². The second-order valence-electron chi connectivity index (χ2n) is 5.59. The summed E-state index contributed by atoms with van der Waals surface area (Å²) in [6.07, 6.45) is 1.76. The summed E-state index contributed by atoms with van der Waals surface area (Å²) in [6, 6.07) is 19.8. The van der Waals surface area contributed by atoms with Crippen LogP contribution in [0.2, 0.25) is 5.02 Å². The van der Waals surface area contributed by atoms with Crippen molar-refractivity contribution in [1.82, 2.24) is 4.98 Å². The van der Waals surface area contributed by atoms with Gasteiger partial charge in [0.1, 0.15) is 18.2 Å². The molecule has 122 valence electrons. The number of aromatic nitrogens is 1. The lowest BCUT2D eigenvalue weighted by Crippen LogP contribution is -2.04. The van der Waals surface area contributed by atoms with Gasteiger partial charge >= 0.3 is 0 Å². The number of benzene rings is 2. The molecule has 2 aromatic carbocycles. The number of pyridine rings is 1. The normalized spacial score (nSPS) is 10.4. The lowest BCUT2D eigenvalue weighted by molar-refractivity contribution is 0.303. The van der Waals surface area contributed by atoms with Crippen molar-refractivity contribution in [2.24, 2.45) is 0 Å². The van der Waals surface area contributed by atoms with E-state index in [-0.39, 0.29) is 0 Å². The van der Waals surface area contributed by atoms with E-state index in [9.17, 15) is 0 Å². The summed E-state index contributed by atoms with van der Waals surface area (Å²) < 4.78 is 5.99. The number of ether oxygens (including phenoxy) is 1. The molecule has 0 atom stereocenters. The number of anilines is 1. The fourth-order valence-corrected chi connectivity index (χ4v) is 2.52. The van der Waals surface area contributed by atoms with Crippen molar-refractivity contribution < 1.29 is 4.74 Å². The Balaban J connectivity index is 1.69. The van der Waals surface area contributed by atoms with Crippen LogP contribution in [0.1, 0.15) is 16.7 Å². The zero-order chi connectivity index (χ0) is 16.8. The summed E-state index contributed by atoms with van der Waals surface area (Å²) in [5.74, 6) is 1.64. The van der Waals surface area contributed by atoms with Crippen molar-refractivity contribution in [2.45, 2.75) is 20.1 Å². The molecule has 1 N–H and O–H groups in total. The van der Waals surface area contributed by atoms with Gasteiger partial charge < -0.3 is 10.1 Å². The fourth-order valence-electron chi connectivity index (χ4n) is 2.33. The van der Waals surface area contributed by atoms with Crippen LogP contribution in [0, 0.1) is 6.92 Å². The SMILES string of the molecule is Cc1ccc(COc2ccc(Cl)cc2CNc2ccccn2)cc1. The zero-order valence-corrected chi connectivity index (χ0v) is 14.3. The molecule has 0 aliphatic carbocycles. The van der Waals surface area contributed by atoms with Crippen LogP contribution in [-0.4, -0.2) is 4.98 Å². The van der Waals surface area contributed by atoms with Crippen LogP contribution in [0.15, 0.2) is 66.9 Å². The van der Waals surface area contributed by atoms with Crippen LogP contribution < -0.4 is 10.1 Å². The van der Waals surface area contributed by atoms with Gasteiger partial charge in [-0.2, -0.15) is 0 Å². The first-order valence-corrected chi connectivity index (χ1v) is 8.20. The highest BCUT2D eigenvalue weighted by Gasteiger charge is 2.06. The molecule has 3 rings (SSSR count). The topological polar surface area (TPSA) is 34.1 Å². The molecule has 0 unspecified atom stereocenters. The van der Waals surface area contributed by atoms with Crippen molar-refractivity contribution in [3.05, 3.63) is 88.6 Å². The van der Waals surface area contributed by atoms with E-state index in [1.807, 2.05) is 36.4 Å². The van der Waals surface area contributed by atoms with Crippen molar-refractivity contribution in [2.75, 3.05) is 5.32 Å². The highest BCUT2D eigenvalue weighted by atomic mass is 35.5. The molecule has 0 amide bonds. The van der Waals surface area contributed by atoms with Crippen LogP contribution in [0.4, 0.5) is 5.82 Å². The number of nitrogens with zero attached hydrogens (tertiary/aromatic N) is 1. The maximum absolute atomic E-state index is 6.13. The standard InChI is InChI=1S/C20H19ClN2O/c1-15-5-7-16(8-6-15)14-24-19-10-9-18(21)12-17(19)13-23-20-4-2-3-11-22-20/h2-12H,13-14H2,1H3,(H,22,23). The maximum Gasteiger partial charge on any atom is 0.126 e. The molecule has 4 heteroatoms. The first-order valence-electron chi connectivity index (χ1n) is 7.82. The quantitative estimate of drug-likeness (QED) is 0.667. The Hall–Kier alpha value is -2.52. The van der Waals surface area contributed by atoms with Gasteiger partial charge in [0.25, 0.3) is 0 Å². The van der Waals surface area contributed by atoms with Gasteiger partial charge in [-0.3, -0.25) is 0 Å². The number of nitrogens with one attached hydrogen (secondary N) is 1. The van der Waals surface area contributed by atoms with Gasteiger partial charge in [-0.25, -0.2) is 4.98 Å². The van der Waals surface area contributed by atoms with Gasteiger partial charge in [0.15, 0.2) is 0 Å². The molecule has 0 saturated heterocycles. The molecule has 0 saturated carbocycles. The minimum absolute atomic E-state index is 0.526. The predicted molar refractivity (Wildman–Crippen MR) is 98.5 cm³/mol. The van der Waals surface area contributed by atoms with Crippen molar-refractivity contribution in [3.63, 3.8) is 0 Å². The molecule has 0 bridgehead atoms. The molecule has 24 heavy (non-hydrogen) atoms. The molecular formula is C20H19ClN2O. The van der Waals surface area contributed by atoms with Gasteiger partial charge in [-0.1, -0.05) is 47.5 Å². The van der Waals surface area contributed by atoms with Gasteiger partial charge in [-0.05, 0) is 42.8 Å². The maximum atomic E-state index is 6.13. The highest BCUT2D eigenvalue weighted by molar-refractivity contribution is 6.30. The van der Waals surface area contributed by atoms with Crippen molar-refractivity contribution in [3.8, 4) is 5.75 Å². The number of hydrogen-bond donors (Lipinski definition) is 1.